The van der Waals surface area contributed by atoms with Gasteiger partial charge in [0, 0.05) is 28.1 Å². The average Bonchev–Trinajstić information content (AvgIpc) is 4.13. The van der Waals surface area contributed by atoms with E-state index in [0.717, 1.165) is 85.4 Å². The molecule has 61 heavy (non-hydrogen) atoms. The van der Waals surface area contributed by atoms with Gasteiger partial charge in [0.1, 0.15) is 22.8 Å². The van der Waals surface area contributed by atoms with Gasteiger partial charge in [0.25, 0.3) is 11.8 Å². The fourth-order valence-electron chi connectivity index (χ4n) is 9.09. The summed E-state index contributed by atoms with van der Waals surface area (Å²) >= 11 is 6.70. The summed E-state index contributed by atoms with van der Waals surface area (Å²) in [5.41, 5.74) is 7.55. The summed E-state index contributed by atoms with van der Waals surface area (Å²) in [6, 6.07) is 28.3. The van der Waals surface area contributed by atoms with Crippen LogP contribution in [0.3, 0.4) is 0 Å². The molecule has 12 heteroatoms. The van der Waals surface area contributed by atoms with Gasteiger partial charge in [-0.15, -0.1) is 45.3 Å². The van der Waals surface area contributed by atoms with E-state index in [1.165, 1.54) is 11.3 Å². The second-order valence-electron chi connectivity index (χ2n) is 16.8. The fraction of sp³-hybridized carbons (Fsp3) is 0.306. The summed E-state index contributed by atoms with van der Waals surface area (Å²) in [4.78, 5) is 53.5. The molecule has 0 aliphatic heterocycles. The normalized spacial score (nSPS) is 21.8. The predicted molar refractivity (Wildman–Crippen MR) is 253 cm³/mol. The SMILES string of the molecule is CC1CCC(c2ccc(-c3nc4ccc(C(=O)NC5CCCC(C)C5C)cc4nc3-c3cccs3)s2)CC1NC(=O)c1ccc2nc(-c3cccs3)c(-c3cccs3)nc2c1. The number of amides is 2. The highest BCUT2D eigenvalue weighted by molar-refractivity contribution is 7.16. The summed E-state index contributed by atoms with van der Waals surface area (Å²) < 4.78 is 0. The third kappa shape index (κ3) is 8.07. The van der Waals surface area contributed by atoms with Gasteiger partial charge >= 0.3 is 0 Å². The summed E-state index contributed by atoms with van der Waals surface area (Å²) in [5.74, 6) is 1.57. The minimum absolute atomic E-state index is 0.0275. The van der Waals surface area contributed by atoms with Crippen molar-refractivity contribution in [3.05, 3.63) is 117 Å². The Hall–Kier alpha value is -5.14. The Labute approximate surface area is 371 Å². The zero-order valence-corrected chi connectivity index (χ0v) is 37.5. The molecular formula is C49H46N6O2S4. The van der Waals surface area contributed by atoms with Crippen LogP contribution in [0.25, 0.3) is 64.4 Å². The van der Waals surface area contributed by atoms with Gasteiger partial charge in [-0.25, -0.2) is 19.9 Å². The molecule has 6 unspecified atom stereocenters. The van der Waals surface area contributed by atoms with Crippen LogP contribution in [0.5, 0.6) is 0 Å². The van der Waals surface area contributed by atoms with Crippen molar-refractivity contribution in [2.75, 3.05) is 0 Å². The van der Waals surface area contributed by atoms with E-state index < -0.39 is 0 Å². The Morgan fingerprint density at radius 2 is 1.07 bits per heavy atom. The van der Waals surface area contributed by atoms with Crippen molar-refractivity contribution in [2.24, 2.45) is 17.8 Å². The molecule has 8 aromatic rings. The zero-order chi connectivity index (χ0) is 41.6. The Morgan fingerprint density at radius 3 is 1.61 bits per heavy atom. The van der Waals surface area contributed by atoms with E-state index in [9.17, 15) is 9.59 Å². The molecule has 2 fully saturated rings. The van der Waals surface area contributed by atoms with Crippen molar-refractivity contribution in [2.45, 2.75) is 77.3 Å². The second-order valence-corrected chi connectivity index (χ2v) is 20.8. The number of rotatable bonds is 9. The molecule has 2 aromatic carbocycles. The van der Waals surface area contributed by atoms with E-state index in [2.05, 4.69) is 77.9 Å². The van der Waals surface area contributed by atoms with Crippen LogP contribution < -0.4 is 10.6 Å². The number of carbonyl (C=O) groups is 2. The van der Waals surface area contributed by atoms with Gasteiger partial charge in [0.15, 0.2) is 0 Å². The number of hydrogen-bond donors (Lipinski definition) is 2. The number of fused-ring (bicyclic) bond motifs is 2. The van der Waals surface area contributed by atoms with Crippen LogP contribution in [0, 0.1) is 17.8 Å². The van der Waals surface area contributed by atoms with Crippen molar-refractivity contribution in [1.82, 2.24) is 30.6 Å². The minimum atomic E-state index is -0.0844. The zero-order valence-electron chi connectivity index (χ0n) is 34.3. The maximum absolute atomic E-state index is 13.9. The van der Waals surface area contributed by atoms with E-state index in [1.807, 2.05) is 54.6 Å². The number of benzene rings is 2. The summed E-state index contributed by atoms with van der Waals surface area (Å²) in [5, 5.41) is 12.9. The van der Waals surface area contributed by atoms with Crippen LogP contribution in [0.15, 0.2) is 101 Å². The quantitative estimate of drug-likeness (QED) is 0.149. The molecule has 0 radical (unpaired) electrons. The van der Waals surface area contributed by atoms with Crippen molar-refractivity contribution in [1.29, 1.82) is 0 Å². The first-order valence-corrected chi connectivity index (χ1v) is 24.7. The molecule has 2 aliphatic rings. The molecule has 2 N–H and O–H groups in total. The Kier molecular flexibility index (Phi) is 11.1. The molecule has 308 valence electrons. The number of thiophene rings is 4. The number of nitrogens with one attached hydrogen (secondary N) is 2. The number of carbonyl (C=O) groups excluding carboxylic acids is 2. The maximum Gasteiger partial charge on any atom is 0.251 e. The van der Waals surface area contributed by atoms with Crippen molar-refractivity contribution in [3.8, 4) is 42.3 Å². The lowest BCUT2D eigenvalue weighted by Gasteiger charge is -2.34. The molecule has 0 saturated heterocycles. The molecule has 6 atom stereocenters. The van der Waals surface area contributed by atoms with Gasteiger partial charge in [-0.1, -0.05) is 51.8 Å². The van der Waals surface area contributed by atoms with Crippen LogP contribution in [0.2, 0.25) is 0 Å². The van der Waals surface area contributed by atoms with Gasteiger partial charge in [-0.2, -0.15) is 0 Å². The first-order valence-electron chi connectivity index (χ1n) is 21.2. The Bertz CT molecular complexity index is 2850. The third-order valence-corrected chi connectivity index (χ3v) is 16.8. The van der Waals surface area contributed by atoms with Gasteiger partial charge in [0.2, 0.25) is 0 Å². The third-order valence-electron chi connectivity index (χ3n) is 12.9. The predicted octanol–water partition coefficient (Wildman–Crippen LogP) is 12.7. The van der Waals surface area contributed by atoms with Crippen LogP contribution in [0.4, 0.5) is 0 Å². The minimum Gasteiger partial charge on any atom is -0.349 e. The van der Waals surface area contributed by atoms with Gasteiger partial charge in [-0.3, -0.25) is 9.59 Å². The van der Waals surface area contributed by atoms with Gasteiger partial charge in [-0.05, 0) is 132 Å². The number of nitrogens with zero attached hydrogens (tertiary/aromatic N) is 4. The van der Waals surface area contributed by atoms with Crippen LogP contribution in [-0.2, 0) is 0 Å². The van der Waals surface area contributed by atoms with Crippen molar-refractivity contribution in [3.63, 3.8) is 0 Å². The second kappa shape index (κ2) is 17.0. The number of aromatic nitrogens is 4. The van der Waals surface area contributed by atoms with E-state index in [4.69, 9.17) is 19.9 Å². The van der Waals surface area contributed by atoms with Crippen LogP contribution >= 0.6 is 45.3 Å². The van der Waals surface area contributed by atoms with Crippen molar-refractivity contribution >= 4 is 79.2 Å². The first kappa shape index (κ1) is 40.0. The molecule has 2 aliphatic carbocycles. The molecule has 2 saturated carbocycles. The molecule has 0 bridgehead atoms. The van der Waals surface area contributed by atoms with Gasteiger partial charge in [0.05, 0.1) is 41.6 Å². The summed E-state index contributed by atoms with van der Waals surface area (Å²) in [7, 11) is 0. The lowest BCUT2D eigenvalue weighted by Crippen LogP contribution is -2.43. The molecular weight excluding hydrogens is 833 g/mol. The lowest BCUT2D eigenvalue weighted by atomic mass is 9.78. The fourth-order valence-corrected chi connectivity index (χ4v) is 12.4. The molecule has 8 nitrogen and oxygen atoms in total. The van der Waals surface area contributed by atoms with Crippen LogP contribution in [0.1, 0.15) is 90.8 Å². The molecule has 6 heterocycles. The molecule has 2 amide bonds. The van der Waals surface area contributed by atoms with E-state index >= 15 is 0 Å². The Balaban J connectivity index is 0.880. The standard InChI is InChI=1S/C49H46N6O2S4/c1-27-8-4-9-33(29(27)3)54-48(56)31-15-18-35-38(25-31)53-46(42-12-7-23-60-42)47(51-35)43-20-19-39(61-43)30-14-13-28(2)36(24-30)55-49(57)32-16-17-34-37(26-32)52-45(41-11-6-22-59-41)44(50-34)40-10-5-21-58-40/h5-7,10-12,15-23,25-30,33,36H,4,8-9,13-14,24H2,1-3H3,(H,54,56)(H,55,57). The topological polar surface area (TPSA) is 110 Å². The lowest BCUT2D eigenvalue weighted by molar-refractivity contribution is 0.0887. The van der Waals surface area contributed by atoms with E-state index in [-0.39, 0.29) is 23.9 Å². The Morgan fingerprint density at radius 1 is 0.541 bits per heavy atom. The van der Waals surface area contributed by atoms with E-state index in [1.54, 1.807) is 45.3 Å². The maximum atomic E-state index is 13.9. The molecule has 6 aromatic heterocycles. The monoisotopic (exact) mass is 878 g/mol. The highest BCUT2D eigenvalue weighted by Crippen LogP contribution is 2.43. The van der Waals surface area contributed by atoms with Crippen LogP contribution in [-0.4, -0.2) is 43.8 Å². The van der Waals surface area contributed by atoms with Crippen molar-refractivity contribution < 1.29 is 9.59 Å². The highest BCUT2D eigenvalue weighted by atomic mass is 32.1. The average molecular weight is 879 g/mol. The smallest absolute Gasteiger partial charge is 0.251 e. The van der Waals surface area contributed by atoms with Gasteiger partial charge < -0.3 is 10.6 Å². The molecule has 10 rings (SSSR count). The highest BCUT2D eigenvalue weighted by Gasteiger charge is 2.32. The van der Waals surface area contributed by atoms with E-state index in [0.29, 0.717) is 45.8 Å². The summed E-state index contributed by atoms with van der Waals surface area (Å²) in [6.07, 6.45) is 6.32. The first-order chi connectivity index (χ1) is 29.8. The number of hydrogen-bond acceptors (Lipinski definition) is 10. The molecule has 0 spiro atoms. The summed E-state index contributed by atoms with van der Waals surface area (Å²) in [6.45, 7) is 6.78. The largest absolute Gasteiger partial charge is 0.349 e.